The molecule has 5 heteroatoms. The maximum absolute atomic E-state index is 9.42. The number of nitriles is 1. The molecule has 0 radical (unpaired) electrons. The molecular formula is C25H24N2O3. The summed E-state index contributed by atoms with van der Waals surface area (Å²) < 4.78 is 16.6. The van der Waals surface area contributed by atoms with Crippen LogP contribution in [-0.2, 0) is 0 Å². The first-order valence-electron chi connectivity index (χ1n) is 9.61. The normalized spacial score (nSPS) is 10.8. The molecule has 0 saturated carbocycles. The molecule has 152 valence electrons. The molecule has 0 unspecified atom stereocenters. The van der Waals surface area contributed by atoms with E-state index in [2.05, 4.69) is 11.4 Å². The molecule has 0 aliphatic rings. The van der Waals surface area contributed by atoms with Crippen LogP contribution in [-0.4, -0.2) is 20.8 Å². The minimum Gasteiger partial charge on any atom is -0.495 e. The van der Waals surface area contributed by atoms with Gasteiger partial charge in [-0.3, -0.25) is 0 Å². The summed E-state index contributed by atoms with van der Waals surface area (Å²) in [5.41, 5.74) is 4.27. The standard InChI is InChI=1S/C25H24N2O3/c1-4-30-25-17-19(11-13-24(25)29-3)21(14-15-26)18-10-12-23(28-2)22(16-18)27-20-8-6-5-7-9-20/h5-14,16-17,27H,4H2,1-3H3. The van der Waals surface area contributed by atoms with Crippen molar-refractivity contribution < 1.29 is 14.2 Å². The summed E-state index contributed by atoms with van der Waals surface area (Å²) in [4.78, 5) is 0. The molecule has 3 aromatic carbocycles. The number of nitrogens with zero attached hydrogens (tertiary/aromatic N) is 1. The maximum atomic E-state index is 9.42. The van der Waals surface area contributed by atoms with Crippen LogP contribution in [0, 0.1) is 11.3 Å². The largest absolute Gasteiger partial charge is 0.495 e. The van der Waals surface area contributed by atoms with Crippen molar-refractivity contribution >= 4 is 16.9 Å². The Kier molecular flexibility index (Phi) is 6.96. The van der Waals surface area contributed by atoms with Crippen LogP contribution >= 0.6 is 0 Å². The topological polar surface area (TPSA) is 63.5 Å². The molecule has 0 aliphatic carbocycles. The summed E-state index contributed by atoms with van der Waals surface area (Å²) in [6.45, 7) is 2.44. The molecule has 0 atom stereocenters. The van der Waals surface area contributed by atoms with Gasteiger partial charge < -0.3 is 19.5 Å². The van der Waals surface area contributed by atoms with E-state index in [4.69, 9.17) is 14.2 Å². The lowest BCUT2D eigenvalue weighted by Crippen LogP contribution is -1.99. The number of nitrogens with one attached hydrogen (secondary N) is 1. The Balaban J connectivity index is 2.05. The average molecular weight is 400 g/mol. The van der Waals surface area contributed by atoms with Crippen LogP contribution in [0.15, 0.2) is 72.8 Å². The molecule has 0 bridgehead atoms. The minimum absolute atomic E-state index is 0.519. The van der Waals surface area contributed by atoms with Gasteiger partial charge in [-0.25, -0.2) is 0 Å². The molecule has 0 fully saturated rings. The van der Waals surface area contributed by atoms with Crippen molar-refractivity contribution in [2.24, 2.45) is 0 Å². The summed E-state index contributed by atoms with van der Waals surface area (Å²) in [6, 6.07) is 23.5. The van der Waals surface area contributed by atoms with Crippen molar-refractivity contribution in [3.63, 3.8) is 0 Å². The van der Waals surface area contributed by atoms with Crippen LogP contribution in [0.25, 0.3) is 5.57 Å². The number of methoxy groups -OCH3 is 2. The first-order valence-corrected chi connectivity index (χ1v) is 9.61. The minimum atomic E-state index is 0.519. The highest BCUT2D eigenvalue weighted by Crippen LogP contribution is 2.36. The molecule has 3 rings (SSSR count). The SMILES string of the molecule is CCOc1cc(C(=CC#N)c2ccc(OC)c(Nc3ccccc3)c2)ccc1OC. The number of anilines is 2. The average Bonchev–Trinajstić information content (AvgIpc) is 2.78. The van der Waals surface area contributed by atoms with Gasteiger partial charge in [0.25, 0.3) is 0 Å². The molecule has 1 N–H and O–H groups in total. The van der Waals surface area contributed by atoms with E-state index in [1.807, 2.05) is 73.7 Å². The highest BCUT2D eigenvalue weighted by molar-refractivity contribution is 5.85. The van der Waals surface area contributed by atoms with E-state index < -0.39 is 0 Å². The summed E-state index contributed by atoms with van der Waals surface area (Å²) in [6.07, 6.45) is 1.53. The van der Waals surface area contributed by atoms with Gasteiger partial charge in [-0.2, -0.15) is 5.26 Å². The monoisotopic (exact) mass is 400 g/mol. The highest BCUT2D eigenvalue weighted by Gasteiger charge is 2.13. The molecule has 0 amide bonds. The number of rotatable bonds is 8. The van der Waals surface area contributed by atoms with E-state index in [0.717, 1.165) is 28.1 Å². The molecular weight excluding hydrogens is 376 g/mol. The van der Waals surface area contributed by atoms with Gasteiger partial charge in [-0.1, -0.05) is 30.3 Å². The zero-order chi connectivity index (χ0) is 21.3. The first-order chi connectivity index (χ1) is 14.7. The van der Waals surface area contributed by atoms with E-state index >= 15 is 0 Å². The number of allylic oxidation sites excluding steroid dienone is 1. The lowest BCUT2D eigenvalue weighted by atomic mass is 9.96. The second kappa shape index (κ2) is 10.0. The second-order valence-corrected chi connectivity index (χ2v) is 6.39. The fraction of sp³-hybridized carbons (Fsp3) is 0.160. The lowest BCUT2D eigenvalue weighted by Gasteiger charge is -2.16. The second-order valence-electron chi connectivity index (χ2n) is 6.39. The number of hydrogen-bond donors (Lipinski definition) is 1. The molecule has 0 spiro atoms. The zero-order valence-corrected chi connectivity index (χ0v) is 17.3. The summed E-state index contributed by atoms with van der Waals surface area (Å²) >= 11 is 0. The third-order valence-electron chi connectivity index (χ3n) is 4.55. The molecule has 0 aromatic heterocycles. The van der Waals surface area contributed by atoms with E-state index in [1.54, 1.807) is 14.2 Å². The molecule has 0 aliphatic heterocycles. The Morgan fingerprint density at radius 3 is 2.20 bits per heavy atom. The smallest absolute Gasteiger partial charge is 0.161 e. The Morgan fingerprint density at radius 2 is 1.57 bits per heavy atom. The Labute approximate surface area is 177 Å². The van der Waals surface area contributed by atoms with Crippen molar-refractivity contribution in [3.05, 3.63) is 83.9 Å². The van der Waals surface area contributed by atoms with Crippen LogP contribution in [0.1, 0.15) is 18.1 Å². The molecule has 0 heterocycles. The van der Waals surface area contributed by atoms with Gasteiger partial charge in [0, 0.05) is 11.8 Å². The van der Waals surface area contributed by atoms with Gasteiger partial charge >= 0.3 is 0 Å². The molecule has 5 nitrogen and oxygen atoms in total. The van der Waals surface area contributed by atoms with Gasteiger partial charge in [-0.15, -0.1) is 0 Å². The van der Waals surface area contributed by atoms with Gasteiger partial charge in [0.1, 0.15) is 5.75 Å². The van der Waals surface area contributed by atoms with Crippen molar-refractivity contribution in [1.82, 2.24) is 0 Å². The summed E-state index contributed by atoms with van der Waals surface area (Å²) in [5.74, 6) is 2.00. The Morgan fingerprint density at radius 1 is 0.900 bits per heavy atom. The maximum Gasteiger partial charge on any atom is 0.161 e. The summed E-state index contributed by atoms with van der Waals surface area (Å²) in [7, 11) is 3.24. The third-order valence-corrected chi connectivity index (χ3v) is 4.55. The zero-order valence-electron chi connectivity index (χ0n) is 17.3. The predicted molar refractivity (Wildman–Crippen MR) is 120 cm³/mol. The van der Waals surface area contributed by atoms with Crippen LogP contribution in [0.2, 0.25) is 0 Å². The predicted octanol–water partition coefficient (Wildman–Crippen LogP) is 5.80. The number of para-hydroxylation sites is 1. The van der Waals surface area contributed by atoms with E-state index in [-0.39, 0.29) is 0 Å². The first kappa shape index (κ1) is 20.8. The van der Waals surface area contributed by atoms with Gasteiger partial charge in [-0.05, 0) is 60.0 Å². The van der Waals surface area contributed by atoms with Crippen LogP contribution in [0.4, 0.5) is 11.4 Å². The van der Waals surface area contributed by atoms with Crippen molar-refractivity contribution in [2.45, 2.75) is 6.92 Å². The van der Waals surface area contributed by atoms with E-state index in [0.29, 0.717) is 23.9 Å². The Bertz CT molecular complexity index is 1070. The Hall–Kier alpha value is -3.91. The van der Waals surface area contributed by atoms with Crippen molar-refractivity contribution in [3.8, 4) is 23.3 Å². The fourth-order valence-corrected chi connectivity index (χ4v) is 3.16. The highest BCUT2D eigenvalue weighted by atomic mass is 16.5. The quantitative estimate of drug-likeness (QED) is 0.484. The number of ether oxygens (including phenoxy) is 3. The lowest BCUT2D eigenvalue weighted by molar-refractivity contribution is 0.311. The van der Waals surface area contributed by atoms with E-state index in [9.17, 15) is 5.26 Å². The van der Waals surface area contributed by atoms with Gasteiger partial charge in [0.2, 0.25) is 0 Å². The molecule has 3 aromatic rings. The molecule has 0 saturated heterocycles. The van der Waals surface area contributed by atoms with Crippen LogP contribution in [0.3, 0.4) is 0 Å². The van der Waals surface area contributed by atoms with Crippen molar-refractivity contribution in [1.29, 1.82) is 5.26 Å². The fourth-order valence-electron chi connectivity index (χ4n) is 3.16. The number of hydrogen-bond acceptors (Lipinski definition) is 5. The molecule has 30 heavy (non-hydrogen) atoms. The van der Waals surface area contributed by atoms with Crippen LogP contribution in [0.5, 0.6) is 17.2 Å². The van der Waals surface area contributed by atoms with Gasteiger partial charge in [0.05, 0.1) is 32.6 Å². The van der Waals surface area contributed by atoms with Crippen molar-refractivity contribution in [2.75, 3.05) is 26.1 Å². The van der Waals surface area contributed by atoms with Crippen LogP contribution < -0.4 is 19.5 Å². The number of benzene rings is 3. The van der Waals surface area contributed by atoms with E-state index in [1.165, 1.54) is 6.08 Å². The van der Waals surface area contributed by atoms with Gasteiger partial charge in [0.15, 0.2) is 11.5 Å². The third kappa shape index (κ3) is 4.73. The summed E-state index contributed by atoms with van der Waals surface area (Å²) in [5, 5.41) is 12.8.